The van der Waals surface area contributed by atoms with Gasteiger partial charge in [-0.15, -0.1) is 0 Å². The Morgan fingerprint density at radius 2 is 1.17 bits per heavy atom. The number of benzene rings is 2. The average molecular weight is 326 g/mol. The Kier molecular flexibility index (Phi) is 5.02. The number of carbonyl (C=O) groups excluding carboxylic acids is 1. The second-order valence-electron chi connectivity index (χ2n) is 7.48. The van der Waals surface area contributed by atoms with Crippen molar-refractivity contribution in [2.24, 2.45) is 0 Å². The minimum atomic E-state index is -0.309. The lowest BCUT2D eigenvalue weighted by molar-refractivity contribution is -0.131. The molecule has 2 aromatic carbocycles. The molecular weight excluding hydrogens is 300 g/mol. The third-order valence-corrected chi connectivity index (χ3v) is 3.84. The van der Waals surface area contributed by atoms with Gasteiger partial charge in [0.2, 0.25) is 0 Å². The Bertz CT molecular complexity index is 689. The molecule has 0 aliphatic rings. The first kappa shape index (κ1) is 18.1. The molecule has 3 nitrogen and oxygen atoms in total. The van der Waals surface area contributed by atoms with E-state index in [2.05, 4.69) is 26.0 Å². The van der Waals surface area contributed by atoms with Crippen LogP contribution in [0.2, 0.25) is 0 Å². The summed E-state index contributed by atoms with van der Waals surface area (Å²) in [5.41, 5.74) is 1.99. The summed E-state index contributed by atoms with van der Waals surface area (Å²) in [5.74, 6) is 1.12. The van der Waals surface area contributed by atoms with Crippen molar-refractivity contribution in [2.45, 2.75) is 52.6 Å². The Morgan fingerprint density at radius 3 is 1.54 bits per heavy atom. The maximum Gasteiger partial charge on any atom is 0.308 e. The highest BCUT2D eigenvalue weighted by molar-refractivity contribution is 5.69. The van der Waals surface area contributed by atoms with Crippen molar-refractivity contribution in [2.75, 3.05) is 0 Å². The van der Waals surface area contributed by atoms with E-state index in [1.165, 1.54) is 12.5 Å². The fraction of sp³-hybridized carbons (Fsp3) is 0.381. The van der Waals surface area contributed by atoms with Crippen LogP contribution in [0.4, 0.5) is 0 Å². The van der Waals surface area contributed by atoms with Gasteiger partial charge in [0.25, 0.3) is 0 Å². The van der Waals surface area contributed by atoms with Gasteiger partial charge in [-0.3, -0.25) is 4.79 Å². The molecule has 0 amide bonds. The zero-order chi connectivity index (χ0) is 18.0. The monoisotopic (exact) mass is 326 g/mol. The van der Waals surface area contributed by atoms with Crippen molar-refractivity contribution in [1.82, 2.24) is 0 Å². The van der Waals surface area contributed by atoms with Crippen LogP contribution >= 0.6 is 0 Å². The van der Waals surface area contributed by atoms with Crippen LogP contribution in [0.5, 0.6) is 11.5 Å². The maximum absolute atomic E-state index is 11.0. The summed E-state index contributed by atoms with van der Waals surface area (Å²) in [6.45, 7) is 11.9. The van der Waals surface area contributed by atoms with E-state index >= 15 is 0 Å². The highest BCUT2D eigenvalue weighted by atomic mass is 16.5. The summed E-state index contributed by atoms with van der Waals surface area (Å²) >= 11 is 0. The lowest BCUT2D eigenvalue weighted by atomic mass is 9.78. The van der Waals surface area contributed by atoms with Gasteiger partial charge in [-0.1, -0.05) is 38.1 Å². The molecule has 0 spiro atoms. The molecule has 0 aromatic heterocycles. The van der Waals surface area contributed by atoms with Gasteiger partial charge in [0.15, 0.2) is 0 Å². The Balaban J connectivity index is 2.21. The second-order valence-corrected chi connectivity index (χ2v) is 7.48. The van der Waals surface area contributed by atoms with Gasteiger partial charge in [-0.25, -0.2) is 0 Å². The van der Waals surface area contributed by atoms with E-state index in [1.54, 1.807) is 0 Å². The average Bonchev–Trinajstić information content (AvgIpc) is 2.46. The summed E-state index contributed by atoms with van der Waals surface area (Å²) in [4.78, 5) is 11.0. The lowest BCUT2D eigenvalue weighted by Gasteiger charge is -2.27. The van der Waals surface area contributed by atoms with Crippen molar-refractivity contribution >= 4 is 5.97 Å². The van der Waals surface area contributed by atoms with Crippen molar-refractivity contribution in [3.05, 3.63) is 59.7 Å². The van der Waals surface area contributed by atoms with Crippen molar-refractivity contribution < 1.29 is 14.3 Å². The number of esters is 1. The SMILES string of the molecule is CC(=O)Oc1ccc(C(C)(C)c2ccc(OC(C)(C)C)cc2)cc1. The van der Waals surface area contributed by atoms with Gasteiger partial charge in [0.05, 0.1) is 0 Å². The normalized spacial score (nSPS) is 11.9. The Morgan fingerprint density at radius 1 is 0.750 bits per heavy atom. The van der Waals surface area contributed by atoms with Crippen LogP contribution in [0.1, 0.15) is 52.7 Å². The van der Waals surface area contributed by atoms with E-state index in [9.17, 15) is 4.79 Å². The second kappa shape index (κ2) is 6.68. The summed E-state index contributed by atoms with van der Waals surface area (Å²) in [6.07, 6.45) is 0. The largest absolute Gasteiger partial charge is 0.488 e. The molecule has 2 aromatic rings. The number of ether oxygens (including phenoxy) is 2. The Hall–Kier alpha value is -2.29. The first-order valence-corrected chi connectivity index (χ1v) is 8.16. The minimum Gasteiger partial charge on any atom is -0.488 e. The topological polar surface area (TPSA) is 35.5 Å². The van der Waals surface area contributed by atoms with Gasteiger partial charge >= 0.3 is 5.97 Å². The van der Waals surface area contributed by atoms with Gasteiger partial charge < -0.3 is 9.47 Å². The third kappa shape index (κ3) is 4.60. The van der Waals surface area contributed by atoms with Crippen LogP contribution in [0, 0.1) is 0 Å². The summed E-state index contributed by atoms with van der Waals surface area (Å²) in [6, 6.07) is 15.9. The van der Waals surface area contributed by atoms with Crippen LogP contribution in [-0.4, -0.2) is 11.6 Å². The highest BCUT2D eigenvalue weighted by Crippen LogP contribution is 2.33. The summed E-state index contributed by atoms with van der Waals surface area (Å²) in [7, 11) is 0. The molecule has 0 heterocycles. The first-order valence-electron chi connectivity index (χ1n) is 8.16. The maximum atomic E-state index is 11.0. The van der Waals surface area contributed by atoms with Crippen molar-refractivity contribution in [1.29, 1.82) is 0 Å². The summed E-state index contributed by atoms with van der Waals surface area (Å²) < 4.78 is 11.0. The third-order valence-electron chi connectivity index (χ3n) is 3.84. The fourth-order valence-electron chi connectivity index (χ4n) is 2.57. The van der Waals surface area contributed by atoms with Crippen molar-refractivity contribution in [3.63, 3.8) is 0 Å². The molecule has 24 heavy (non-hydrogen) atoms. The molecule has 0 saturated heterocycles. The molecule has 2 rings (SSSR count). The van der Waals surface area contributed by atoms with Crippen LogP contribution in [0.3, 0.4) is 0 Å². The predicted octanol–water partition coefficient (Wildman–Crippen LogP) is 5.12. The number of hydrogen-bond donors (Lipinski definition) is 0. The predicted molar refractivity (Wildman–Crippen MR) is 96.7 cm³/mol. The van der Waals surface area contributed by atoms with E-state index in [1.807, 2.05) is 57.2 Å². The molecule has 0 unspecified atom stereocenters. The van der Waals surface area contributed by atoms with E-state index in [4.69, 9.17) is 9.47 Å². The molecule has 0 fully saturated rings. The Labute approximate surface area is 144 Å². The molecule has 0 atom stereocenters. The van der Waals surface area contributed by atoms with Crippen LogP contribution in [0.15, 0.2) is 48.5 Å². The minimum absolute atomic E-state index is 0.158. The molecule has 0 aliphatic heterocycles. The van der Waals surface area contributed by atoms with E-state index in [-0.39, 0.29) is 17.0 Å². The number of hydrogen-bond acceptors (Lipinski definition) is 3. The molecule has 0 radical (unpaired) electrons. The van der Waals surface area contributed by atoms with Gasteiger partial charge in [0.1, 0.15) is 17.1 Å². The van der Waals surface area contributed by atoms with E-state index in [0.29, 0.717) is 5.75 Å². The molecule has 3 heteroatoms. The molecule has 0 saturated carbocycles. The van der Waals surface area contributed by atoms with Gasteiger partial charge in [-0.05, 0) is 56.2 Å². The molecule has 0 aliphatic carbocycles. The summed E-state index contributed by atoms with van der Waals surface area (Å²) in [5, 5.41) is 0. The van der Waals surface area contributed by atoms with Gasteiger partial charge in [-0.2, -0.15) is 0 Å². The molecular formula is C21H26O3. The van der Waals surface area contributed by atoms with E-state index in [0.717, 1.165) is 11.3 Å². The molecule has 128 valence electrons. The highest BCUT2D eigenvalue weighted by Gasteiger charge is 2.23. The number of rotatable bonds is 4. The smallest absolute Gasteiger partial charge is 0.308 e. The van der Waals surface area contributed by atoms with Crippen LogP contribution in [-0.2, 0) is 10.2 Å². The fourth-order valence-corrected chi connectivity index (χ4v) is 2.57. The van der Waals surface area contributed by atoms with Crippen molar-refractivity contribution in [3.8, 4) is 11.5 Å². The zero-order valence-corrected chi connectivity index (χ0v) is 15.3. The lowest BCUT2D eigenvalue weighted by Crippen LogP contribution is -2.23. The van der Waals surface area contributed by atoms with E-state index < -0.39 is 0 Å². The standard InChI is InChI=1S/C21H26O3/c1-15(22)23-18-11-7-16(8-12-18)21(5,6)17-9-13-19(14-10-17)24-20(2,3)4/h7-14H,1-6H3. The van der Waals surface area contributed by atoms with Crippen LogP contribution < -0.4 is 9.47 Å². The first-order chi connectivity index (χ1) is 11.1. The zero-order valence-electron chi connectivity index (χ0n) is 15.3. The quantitative estimate of drug-likeness (QED) is 0.578. The molecule has 0 N–H and O–H groups in total. The van der Waals surface area contributed by atoms with Crippen LogP contribution in [0.25, 0.3) is 0 Å². The number of carbonyl (C=O) groups is 1. The molecule has 0 bridgehead atoms. The van der Waals surface area contributed by atoms with Gasteiger partial charge in [0, 0.05) is 12.3 Å².